The zero-order chi connectivity index (χ0) is 11.2. The Morgan fingerprint density at radius 1 is 1.36 bits per heavy atom. The molecule has 0 aromatic rings. The summed E-state index contributed by atoms with van der Waals surface area (Å²) in [6.07, 6.45) is 2.21. The maximum Gasteiger partial charge on any atom is 0.347 e. The second kappa shape index (κ2) is 6.02. The van der Waals surface area contributed by atoms with E-state index in [-0.39, 0.29) is 5.97 Å². The standard InChI is InChI=1S/C11H22O3/c1-6-7-9(2)8-13-14-10(12)11(3,4)5/h9H,6-8H2,1-5H3. The molecule has 0 aromatic carbocycles. The molecule has 0 aliphatic rings. The topological polar surface area (TPSA) is 35.5 Å². The van der Waals surface area contributed by atoms with Crippen LogP contribution < -0.4 is 0 Å². The van der Waals surface area contributed by atoms with Gasteiger partial charge in [0.15, 0.2) is 0 Å². The van der Waals surface area contributed by atoms with Crippen molar-refractivity contribution in [2.75, 3.05) is 6.61 Å². The summed E-state index contributed by atoms with van der Waals surface area (Å²) >= 11 is 0. The van der Waals surface area contributed by atoms with E-state index in [1.165, 1.54) is 0 Å². The molecule has 0 N–H and O–H groups in total. The molecule has 0 aromatic heterocycles. The molecule has 3 heteroatoms. The van der Waals surface area contributed by atoms with Crippen LogP contribution in [0.3, 0.4) is 0 Å². The van der Waals surface area contributed by atoms with Gasteiger partial charge in [-0.1, -0.05) is 20.3 Å². The van der Waals surface area contributed by atoms with Crippen molar-refractivity contribution in [2.45, 2.75) is 47.5 Å². The highest BCUT2D eigenvalue weighted by Gasteiger charge is 2.24. The van der Waals surface area contributed by atoms with Crippen molar-refractivity contribution in [1.82, 2.24) is 0 Å². The van der Waals surface area contributed by atoms with E-state index in [1.54, 1.807) is 20.8 Å². The quantitative estimate of drug-likeness (QED) is 0.508. The third kappa shape index (κ3) is 5.97. The number of hydrogen-bond acceptors (Lipinski definition) is 3. The van der Waals surface area contributed by atoms with Gasteiger partial charge in [-0.25, -0.2) is 4.79 Å². The van der Waals surface area contributed by atoms with Gasteiger partial charge in [-0.15, -0.1) is 0 Å². The molecule has 0 bridgehead atoms. The third-order valence-corrected chi connectivity index (χ3v) is 1.88. The van der Waals surface area contributed by atoms with Gasteiger partial charge in [0.2, 0.25) is 0 Å². The van der Waals surface area contributed by atoms with Crippen molar-refractivity contribution >= 4 is 5.97 Å². The zero-order valence-electron chi connectivity index (χ0n) is 9.92. The molecule has 0 amide bonds. The molecular weight excluding hydrogens is 180 g/mol. The minimum Gasteiger partial charge on any atom is -0.298 e. The molecule has 1 unspecified atom stereocenters. The molecule has 1 atom stereocenters. The minimum absolute atomic E-state index is 0.318. The zero-order valence-corrected chi connectivity index (χ0v) is 9.92. The molecule has 0 saturated carbocycles. The predicted octanol–water partition coefficient (Wildman–Crippen LogP) is 2.94. The molecule has 3 nitrogen and oxygen atoms in total. The highest BCUT2D eigenvalue weighted by Crippen LogP contribution is 2.15. The predicted molar refractivity (Wildman–Crippen MR) is 55.6 cm³/mol. The minimum atomic E-state index is -0.492. The van der Waals surface area contributed by atoms with Crippen molar-refractivity contribution in [3.05, 3.63) is 0 Å². The Morgan fingerprint density at radius 3 is 2.36 bits per heavy atom. The van der Waals surface area contributed by atoms with Crippen LogP contribution in [0.15, 0.2) is 0 Å². The first-order valence-corrected chi connectivity index (χ1v) is 5.21. The van der Waals surface area contributed by atoms with E-state index in [4.69, 9.17) is 4.89 Å². The van der Waals surface area contributed by atoms with Crippen LogP contribution in [0, 0.1) is 11.3 Å². The molecule has 0 heterocycles. The molecule has 0 saturated heterocycles. The average Bonchev–Trinajstić information content (AvgIpc) is 2.02. The van der Waals surface area contributed by atoms with Gasteiger partial charge in [-0.2, -0.15) is 4.89 Å². The highest BCUT2D eigenvalue weighted by atomic mass is 17.2. The van der Waals surface area contributed by atoms with Crippen molar-refractivity contribution in [3.63, 3.8) is 0 Å². The molecule has 14 heavy (non-hydrogen) atoms. The van der Waals surface area contributed by atoms with Crippen molar-refractivity contribution < 1.29 is 14.6 Å². The van der Waals surface area contributed by atoms with Crippen molar-refractivity contribution in [3.8, 4) is 0 Å². The lowest BCUT2D eigenvalue weighted by atomic mass is 9.98. The molecule has 0 aliphatic carbocycles. The smallest absolute Gasteiger partial charge is 0.298 e. The van der Waals surface area contributed by atoms with Gasteiger partial charge in [-0.3, -0.25) is 4.89 Å². The fourth-order valence-corrected chi connectivity index (χ4v) is 0.905. The van der Waals surface area contributed by atoms with E-state index in [0.717, 1.165) is 12.8 Å². The summed E-state index contributed by atoms with van der Waals surface area (Å²) in [6, 6.07) is 0. The van der Waals surface area contributed by atoms with Crippen LogP contribution in [0.25, 0.3) is 0 Å². The molecule has 84 valence electrons. The van der Waals surface area contributed by atoms with Crippen LogP contribution in [0.2, 0.25) is 0 Å². The van der Waals surface area contributed by atoms with Crippen LogP contribution in [-0.4, -0.2) is 12.6 Å². The summed E-state index contributed by atoms with van der Waals surface area (Å²) in [5, 5.41) is 0. The van der Waals surface area contributed by atoms with Crippen molar-refractivity contribution in [1.29, 1.82) is 0 Å². The van der Waals surface area contributed by atoms with Crippen LogP contribution in [0.4, 0.5) is 0 Å². The van der Waals surface area contributed by atoms with E-state index in [2.05, 4.69) is 18.7 Å². The van der Waals surface area contributed by atoms with Crippen LogP contribution in [0.1, 0.15) is 47.5 Å². The van der Waals surface area contributed by atoms with Crippen LogP contribution >= 0.6 is 0 Å². The van der Waals surface area contributed by atoms with Gasteiger partial charge in [0.25, 0.3) is 0 Å². The van der Waals surface area contributed by atoms with Gasteiger partial charge in [0, 0.05) is 0 Å². The van der Waals surface area contributed by atoms with E-state index in [1.807, 2.05) is 0 Å². The maximum absolute atomic E-state index is 11.3. The Balaban J connectivity index is 3.59. The summed E-state index contributed by atoms with van der Waals surface area (Å²) in [4.78, 5) is 20.8. The summed E-state index contributed by atoms with van der Waals surface area (Å²) in [7, 11) is 0. The summed E-state index contributed by atoms with van der Waals surface area (Å²) in [5.41, 5.74) is -0.492. The lowest BCUT2D eigenvalue weighted by molar-refractivity contribution is -0.284. The van der Waals surface area contributed by atoms with Gasteiger partial charge in [-0.05, 0) is 33.1 Å². The lowest BCUT2D eigenvalue weighted by Gasteiger charge is -2.16. The second-order valence-electron chi connectivity index (χ2n) is 4.80. The second-order valence-corrected chi connectivity index (χ2v) is 4.80. The molecule has 0 spiro atoms. The van der Waals surface area contributed by atoms with Gasteiger partial charge in [0.1, 0.15) is 0 Å². The monoisotopic (exact) mass is 202 g/mol. The van der Waals surface area contributed by atoms with Gasteiger partial charge in [0.05, 0.1) is 12.0 Å². The Hall–Kier alpha value is -0.570. The number of rotatable bonds is 5. The van der Waals surface area contributed by atoms with E-state index in [0.29, 0.717) is 12.5 Å². The highest BCUT2D eigenvalue weighted by molar-refractivity contribution is 5.74. The number of hydrogen-bond donors (Lipinski definition) is 0. The van der Waals surface area contributed by atoms with Gasteiger partial charge >= 0.3 is 5.97 Å². The Labute approximate surface area is 86.7 Å². The SMILES string of the molecule is CCCC(C)COOC(=O)C(C)(C)C. The molecule has 0 aliphatic heterocycles. The normalized spacial score (nSPS) is 13.8. The first kappa shape index (κ1) is 13.4. The molecule has 0 rings (SSSR count). The first-order chi connectivity index (χ1) is 6.38. The number of carbonyl (C=O) groups is 1. The fraction of sp³-hybridized carbons (Fsp3) is 0.909. The van der Waals surface area contributed by atoms with Crippen LogP contribution in [-0.2, 0) is 14.6 Å². The van der Waals surface area contributed by atoms with E-state index < -0.39 is 5.41 Å². The Morgan fingerprint density at radius 2 is 1.93 bits per heavy atom. The fourth-order valence-electron chi connectivity index (χ4n) is 0.905. The van der Waals surface area contributed by atoms with Crippen LogP contribution in [0.5, 0.6) is 0 Å². The molecular formula is C11H22O3. The molecule has 0 radical (unpaired) electrons. The summed E-state index contributed by atoms with van der Waals surface area (Å²) < 4.78 is 0. The Bertz CT molecular complexity index is 170. The third-order valence-electron chi connectivity index (χ3n) is 1.88. The summed E-state index contributed by atoms with van der Waals surface area (Å²) in [5.74, 6) is 0.119. The van der Waals surface area contributed by atoms with E-state index in [9.17, 15) is 4.79 Å². The van der Waals surface area contributed by atoms with Crippen molar-refractivity contribution in [2.24, 2.45) is 11.3 Å². The summed E-state index contributed by atoms with van der Waals surface area (Å²) in [6.45, 7) is 10.1. The maximum atomic E-state index is 11.3. The van der Waals surface area contributed by atoms with E-state index >= 15 is 0 Å². The lowest BCUT2D eigenvalue weighted by Crippen LogP contribution is -2.24. The molecule has 0 fully saturated rings. The average molecular weight is 202 g/mol. The first-order valence-electron chi connectivity index (χ1n) is 5.21. The Kier molecular flexibility index (Phi) is 5.77. The number of carbonyl (C=O) groups excluding carboxylic acids is 1. The van der Waals surface area contributed by atoms with Gasteiger partial charge < -0.3 is 0 Å². The largest absolute Gasteiger partial charge is 0.347 e.